The summed E-state index contributed by atoms with van der Waals surface area (Å²) >= 11 is 0. The summed E-state index contributed by atoms with van der Waals surface area (Å²) in [5.74, 6) is 0.0567. The molecule has 0 aromatic heterocycles. The second-order valence-electron chi connectivity index (χ2n) is 5.48. The molecule has 1 aliphatic heterocycles. The van der Waals surface area contributed by atoms with Gasteiger partial charge in [-0.2, -0.15) is 5.26 Å². The van der Waals surface area contributed by atoms with Crippen molar-refractivity contribution in [3.63, 3.8) is 0 Å². The van der Waals surface area contributed by atoms with Gasteiger partial charge in [0.2, 0.25) is 0 Å². The van der Waals surface area contributed by atoms with Crippen LogP contribution >= 0.6 is 0 Å². The van der Waals surface area contributed by atoms with Crippen LogP contribution < -0.4 is 5.73 Å². The molecule has 5 nitrogen and oxygen atoms in total. The Kier molecular flexibility index (Phi) is 4.35. The van der Waals surface area contributed by atoms with E-state index in [-0.39, 0.29) is 12.0 Å². The summed E-state index contributed by atoms with van der Waals surface area (Å²) in [6.07, 6.45) is 1.46. The lowest BCUT2D eigenvalue weighted by molar-refractivity contribution is 0.0161. The summed E-state index contributed by atoms with van der Waals surface area (Å²) < 4.78 is 5.30. The van der Waals surface area contributed by atoms with Crippen molar-refractivity contribution in [1.82, 2.24) is 4.90 Å². The van der Waals surface area contributed by atoms with Gasteiger partial charge in [-0.15, -0.1) is 0 Å². The largest absolute Gasteiger partial charge is 0.444 e. The Morgan fingerprint density at radius 2 is 2.24 bits per heavy atom. The SMILES string of the molecule is CC(C)(C)OC(=O)N1CCCC(C(N)C#N)C1. The van der Waals surface area contributed by atoms with Crippen LogP contribution in [0.15, 0.2) is 0 Å². The van der Waals surface area contributed by atoms with Gasteiger partial charge in [-0.25, -0.2) is 4.79 Å². The first-order valence-electron chi connectivity index (χ1n) is 5.96. The fourth-order valence-electron chi connectivity index (χ4n) is 1.90. The van der Waals surface area contributed by atoms with Crippen molar-refractivity contribution in [3.8, 4) is 6.07 Å². The predicted octanol–water partition coefficient (Wildman–Crippen LogP) is 1.48. The topological polar surface area (TPSA) is 79.3 Å². The lowest BCUT2D eigenvalue weighted by Gasteiger charge is -2.34. The first kappa shape index (κ1) is 13.8. The molecule has 0 radical (unpaired) electrons. The summed E-state index contributed by atoms with van der Waals surface area (Å²) in [4.78, 5) is 13.5. The van der Waals surface area contributed by atoms with Gasteiger partial charge in [0, 0.05) is 19.0 Å². The molecule has 0 aromatic carbocycles. The summed E-state index contributed by atoms with van der Waals surface area (Å²) in [5, 5.41) is 8.79. The van der Waals surface area contributed by atoms with Crippen LogP contribution in [0.3, 0.4) is 0 Å². The van der Waals surface area contributed by atoms with Gasteiger partial charge < -0.3 is 15.4 Å². The number of piperidine rings is 1. The molecular formula is C12H21N3O2. The fourth-order valence-corrected chi connectivity index (χ4v) is 1.90. The quantitative estimate of drug-likeness (QED) is 0.751. The van der Waals surface area contributed by atoms with Crippen LogP contribution in [0, 0.1) is 17.2 Å². The molecule has 0 aliphatic carbocycles. The maximum Gasteiger partial charge on any atom is 0.410 e. The van der Waals surface area contributed by atoms with Gasteiger partial charge in [0.15, 0.2) is 0 Å². The minimum Gasteiger partial charge on any atom is -0.444 e. The zero-order valence-electron chi connectivity index (χ0n) is 10.8. The molecule has 1 saturated heterocycles. The number of hydrogen-bond donors (Lipinski definition) is 1. The van der Waals surface area contributed by atoms with Crippen LogP contribution in [0.1, 0.15) is 33.6 Å². The second-order valence-corrected chi connectivity index (χ2v) is 5.48. The van der Waals surface area contributed by atoms with E-state index in [1.807, 2.05) is 26.8 Å². The monoisotopic (exact) mass is 239 g/mol. The molecule has 0 saturated carbocycles. The van der Waals surface area contributed by atoms with E-state index < -0.39 is 11.6 Å². The van der Waals surface area contributed by atoms with E-state index in [2.05, 4.69) is 0 Å². The molecule has 5 heteroatoms. The number of nitriles is 1. The van der Waals surface area contributed by atoms with Gasteiger partial charge in [0.25, 0.3) is 0 Å². The van der Waals surface area contributed by atoms with Gasteiger partial charge >= 0.3 is 6.09 Å². The first-order valence-corrected chi connectivity index (χ1v) is 5.96. The number of carbonyl (C=O) groups is 1. The normalized spacial score (nSPS) is 22.8. The zero-order chi connectivity index (χ0) is 13.1. The molecule has 1 rings (SSSR count). The molecular weight excluding hydrogens is 218 g/mol. The van der Waals surface area contributed by atoms with E-state index in [1.165, 1.54) is 0 Å². The van der Waals surface area contributed by atoms with Crippen molar-refractivity contribution in [3.05, 3.63) is 0 Å². The Hall–Kier alpha value is -1.28. The van der Waals surface area contributed by atoms with Crippen LogP contribution in [0.25, 0.3) is 0 Å². The number of rotatable bonds is 1. The highest BCUT2D eigenvalue weighted by atomic mass is 16.6. The standard InChI is InChI=1S/C12H21N3O2/c1-12(2,3)17-11(16)15-6-4-5-9(8-15)10(14)7-13/h9-10H,4-6,8,14H2,1-3H3. The van der Waals surface area contributed by atoms with E-state index >= 15 is 0 Å². The summed E-state index contributed by atoms with van der Waals surface area (Å²) in [6, 6.07) is 1.54. The highest BCUT2D eigenvalue weighted by molar-refractivity contribution is 5.68. The average molecular weight is 239 g/mol. The van der Waals surface area contributed by atoms with Crippen LogP contribution in [0.4, 0.5) is 4.79 Å². The average Bonchev–Trinajstić information content (AvgIpc) is 2.26. The molecule has 1 heterocycles. The number of nitrogens with two attached hydrogens (primary N) is 1. The molecule has 0 aromatic rings. The lowest BCUT2D eigenvalue weighted by atomic mass is 9.92. The highest BCUT2D eigenvalue weighted by Gasteiger charge is 2.30. The van der Waals surface area contributed by atoms with E-state index in [0.717, 1.165) is 12.8 Å². The first-order chi connectivity index (χ1) is 7.83. The zero-order valence-corrected chi connectivity index (χ0v) is 10.8. The van der Waals surface area contributed by atoms with Gasteiger partial charge in [-0.1, -0.05) is 0 Å². The van der Waals surface area contributed by atoms with Crippen molar-refractivity contribution in [2.75, 3.05) is 13.1 Å². The van der Waals surface area contributed by atoms with Gasteiger partial charge in [-0.05, 0) is 33.6 Å². The number of likely N-dealkylation sites (tertiary alicyclic amines) is 1. The molecule has 96 valence electrons. The molecule has 0 bridgehead atoms. The second kappa shape index (κ2) is 5.37. The third-order valence-electron chi connectivity index (χ3n) is 2.77. The predicted molar refractivity (Wildman–Crippen MR) is 64.1 cm³/mol. The Morgan fingerprint density at radius 3 is 2.76 bits per heavy atom. The van der Waals surface area contributed by atoms with Gasteiger partial charge in [0.1, 0.15) is 5.60 Å². The molecule has 2 atom stereocenters. The minimum absolute atomic E-state index is 0.0567. The maximum atomic E-state index is 11.9. The Balaban J connectivity index is 2.55. The van der Waals surface area contributed by atoms with Crippen molar-refractivity contribution < 1.29 is 9.53 Å². The van der Waals surface area contributed by atoms with Crippen LogP contribution in [-0.4, -0.2) is 35.7 Å². The maximum absolute atomic E-state index is 11.9. The summed E-state index contributed by atoms with van der Waals surface area (Å²) in [5.41, 5.74) is 5.21. The third-order valence-corrected chi connectivity index (χ3v) is 2.77. The molecule has 2 N–H and O–H groups in total. The molecule has 1 fully saturated rings. The molecule has 2 unspecified atom stereocenters. The molecule has 1 aliphatic rings. The summed E-state index contributed by atoms with van der Waals surface area (Å²) in [7, 11) is 0. The van der Waals surface area contributed by atoms with E-state index in [0.29, 0.717) is 13.1 Å². The molecule has 0 spiro atoms. The molecule has 1 amide bonds. The third kappa shape index (κ3) is 4.23. The highest BCUT2D eigenvalue weighted by Crippen LogP contribution is 2.20. The fraction of sp³-hybridized carbons (Fsp3) is 0.833. The van der Waals surface area contributed by atoms with Crippen molar-refractivity contribution in [2.24, 2.45) is 11.7 Å². The summed E-state index contributed by atoms with van der Waals surface area (Å²) in [6.45, 7) is 6.72. The van der Waals surface area contributed by atoms with Gasteiger partial charge in [0.05, 0.1) is 12.1 Å². The number of amides is 1. The smallest absolute Gasteiger partial charge is 0.410 e. The van der Waals surface area contributed by atoms with Crippen molar-refractivity contribution >= 4 is 6.09 Å². The van der Waals surface area contributed by atoms with Crippen molar-refractivity contribution in [1.29, 1.82) is 5.26 Å². The lowest BCUT2D eigenvalue weighted by Crippen LogP contribution is -2.47. The molecule has 17 heavy (non-hydrogen) atoms. The Morgan fingerprint density at radius 1 is 1.59 bits per heavy atom. The van der Waals surface area contributed by atoms with Gasteiger partial charge in [-0.3, -0.25) is 0 Å². The Bertz CT molecular complexity index is 317. The van der Waals surface area contributed by atoms with Crippen LogP contribution in [-0.2, 0) is 4.74 Å². The Labute approximate surface area is 103 Å². The number of nitrogens with zero attached hydrogens (tertiary/aromatic N) is 2. The van der Waals surface area contributed by atoms with E-state index in [9.17, 15) is 4.79 Å². The van der Waals surface area contributed by atoms with Crippen LogP contribution in [0.2, 0.25) is 0 Å². The number of carbonyl (C=O) groups excluding carboxylic acids is 1. The van der Waals surface area contributed by atoms with Crippen molar-refractivity contribution in [2.45, 2.75) is 45.3 Å². The van der Waals surface area contributed by atoms with Crippen LogP contribution in [0.5, 0.6) is 0 Å². The van der Waals surface area contributed by atoms with E-state index in [4.69, 9.17) is 15.7 Å². The van der Waals surface area contributed by atoms with E-state index in [1.54, 1.807) is 4.90 Å². The number of ether oxygens (including phenoxy) is 1. The number of hydrogen-bond acceptors (Lipinski definition) is 4. The minimum atomic E-state index is -0.500.